The second-order valence-electron chi connectivity index (χ2n) is 4.04. The Labute approximate surface area is 87.4 Å². The Morgan fingerprint density at radius 1 is 1.07 bits per heavy atom. The lowest BCUT2D eigenvalue weighted by atomic mass is 10.1. The minimum atomic E-state index is 0.247. The Kier molecular flexibility index (Phi) is 6.71. The van der Waals surface area contributed by atoms with Crippen molar-refractivity contribution in [2.45, 2.75) is 44.9 Å². The number of nitrogens with one attached hydrogen (secondary N) is 1. The van der Waals surface area contributed by atoms with Gasteiger partial charge in [0.1, 0.15) is 0 Å². The van der Waals surface area contributed by atoms with Crippen molar-refractivity contribution in [1.82, 2.24) is 5.32 Å². The molecule has 1 aliphatic rings. The summed E-state index contributed by atoms with van der Waals surface area (Å²) in [6.07, 6.45) is 11.8. The molecular formula is C12H23NO. The minimum absolute atomic E-state index is 0.247. The molecule has 0 amide bonds. The van der Waals surface area contributed by atoms with Gasteiger partial charge in [0.05, 0.1) is 6.61 Å². The second kappa shape index (κ2) is 8.01. The molecule has 0 aromatic carbocycles. The van der Waals surface area contributed by atoms with E-state index in [0.717, 1.165) is 19.5 Å². The predicted octanol–water partition coefficient (Wildman–Crippen LogP) is 2.24. The van der Waals surface area contributed by atoms with Crippen LogP contribution in [-0.4, -0.2) is 24.8 Å². The van der Waals surface area contributed by atoms with Crippen LogP contribution in [0.25, 0.3) is 0 Å². The van der Waals surface area contributed by atoms with Crippen LogP contribution in [0.5, 0.6) is 0 Å². The first-order valence-corrected chi connectivity index (χ1v) is 5.93. The van der Waals surface area contributed by atoms with E-state index < -0.39 is 0 Å². The van der Waals surface area contributed by atoms with Crippen molar-refractivity contribution < 1.29 is 5.11 Å². The van der Waals surface area contributed by atoms with E-state index in [1.54, 1.807) is 5.57 Å². The fraction of sp³-hybridized carbons (Fsp3) is 0.833. The maximum Gasteiger partial charge on any atom is 0.0555 e. The van der Waals surface area contributed by atoms with Crippen molar-refractivity contribution in [3.63, 3.8) is 0 Å². The van der Waals surface area contributed by atoms with Crippen molar-refractivity contribution in [1.29, 1.82) is 0 Å². The van der Waals surface area contributed by atoms with Gasteiger partial charge >= 0.3 is 0 Å². The summed E-state index contributed by atoms with van der Waals surface area (Å²) in [5.74, 6) is 0. The van der Waals surface area contributed by atoms with Gasteiger partial charge in [0.2, 0.25) is 0 Å². The molecule has 0 aliphatic heterocycles. The summed E-state index contributed by atoms with van der Waals surface area (Å²) < 4.78 is 0. The average Bonchev–Trinajstić information content (AvgIpc) is 2.46. The van der Waals surface area contributed by atoms with Gasteiger partial charge in [-0.1, -0.05) is 24.5 Å². The molecule has 0 spiro atoms. The number of hydrogen-bond acceptors (Lipinski definition) is 2. The van der Waals surface area contributed by atoms with E-state index >= 15 is 0 Å². The van der Waals surface area contributed by atoms with E-state index in [0.29, 0.717) is 0 Å². The Bertz CT molecular complexity index is 156. The average molecular weight is 197 g/mol. The third-order valence-corrected chi connectivity index (χ3v) is 2.79. The SMILES string of the molecule is OCCNCCC=C1CCCCCC1. The highest BCUT2D eigenvalue weighted by Crippen LogP contribution is 2.21. The van der Waals surface area contributed by atoms with E-state index in [4.69, 9.17) is 5.11 Å². The molecule has 14 heavy (non-hydrogen) atoms. The zero-order valence-corrected chi connectivity index (χ0v) is 9.10. The van der Waals surface area contributed by atoms with Crippen LogP contribution < -0.4 is 5.32 Å². The van der Waals surface area contributed by atoms with Gasteiger partial charge in [-0.25, -0.2) is 0 Å². The van der Waals surface area contributed by atoms with Crippen LogP contribution in [0.1, 0.15) is 44.9 Å². The quantitative estimate of drug-likeness (QED) is 0.402. The van der Waals surface area contributed by atoms with Crippen LogP contribution >= 0.6 is 0 Å². The van der Waals surface area contributed by atoms with Crippen molar-refractivity contribution in [3.8, 4) is 0 Å². The van der Waals surface area contributed by atoms with Crippen LogP contribution in [0.4, 0.5) is 0 Å². The summed E-state index contributed by atoms with van der Waals surface area (Å²) in [5, 5.41) is 11.8. The van der Waals surface area contributed by atoms with Gasteiger partial charge in [-0.15, -0.1) is 0 Å². The monoisotopic (exact) mass is 197 g/mol. The summed E-state index contributed by atoms with van der Waals surface area (Å²) in [6, 6.07) is 0. The number of aliphatic hydroxyl groups is 1. The molecule has 2 heteroatoms. The standard InChI is InChI=1S/C12H23NO/c14-11-10-13-9-5-8-12-6-3-1-2-4-7-12/h8,13-14H,1-7,9-11H2. The van der Waals surface area contributed by atoms with Gasteiger partial charge < -0.3 is 10.4 Å². The fourth-order valence-electron chi connectivity index (χ4n) is 1.97. The minimum Gasteiger partial charge on any atom is -0.395 e. The largest absolute Gasteiger partial charge is 0.395 e. The van der Waals surface area contributed by atoms with E-state index in [2.05, 4.69) is 11.4 Å². The number of aliphatic hydroxyl groups excluding tert-OH is 1. The molecule has 1 saturated carbocycles. The molecule has 0 bridgehead atoms. The highest BCUT2D eigenvalue weighted by molar-refractivity contribution is 5.03. The highest BCUT2D eigenvalue weighted by atomic mass is 16.3. The molecule has 1 aliphatic carbocycles. The predicted molar refractivity (Wildman–Crippen MR) is 60.4 cm³/mol. The summed E-state index contributed by atoms with van der Waals surface area (Å²) in [4.78, 5) is 0. The Balaban J connectivity index is 2.08. The summed E-state index contributed by atoms with van der Waals surface area (Å²) in [7, 11) is 0. The van der Waals surface area contributed by atoms with Gasteiger partial charge in [-0.05, 0) is 38.6 Å². The van der Waals surface area contributed by atoms with Crippen molar-refractivity contribution in [3.05, 3.63) is 11.6 Å². The molecule has 82 valence electrons. The Hall–Kier alpha value is -0.340. The lowest BCUT2D eigenvalue weighted by molar-refractivity contribution is 0.293. The first kappa shape index (κ1) is 11.7. The molecule has 1 fully saturated rings. The highest BCUT2D eigenvalue weighted by Gasteiger charge is 2.02. The smallest absolute Gasteiger partial charge is 0.0555 e. The van der Waals surface area contributed by atoms with E-state index in [-0.39, 0.29) is 6.61 Å². The van der Waals surface area contributed by atoms with E-state index in [1.165, 1.54) is 38.5 Å². The summed E-state index contributed by atoms with van der Waals surface area (Å²) in [5.41, 5.74) is 1.66. The topological polar surface area (TPSA) is 32.3 Å². The summed E-state index contributed by atoms with van der Waals surface area (Å²) >= 11 is 0. The third-order valence-electron chi connectivity index (χ3n) is 2.79. The molecule has 2 nitrogen and oxygen atoms in total. The van der Waals surface area contributed by atoms with Gasteiger partial charge in [-0.2, -0.15) is 0 Å². The lowest BCUT2D eigenvalue weighted by Crippen LogP contribution is -2.18. The number of hydrogen-bond donors (Lipinski definition) is 2. The van der Waals surface area contributed by atoms with Crippen molar-refractivity contribution in [2.24, 2.45) is 0 Å². The molecule has 2 N–H and O–H groups in total. The second-order valence-corrected chi connectivity index (χ2v) is 4.04. The van der Waals surface area contributed by atoms with Gasteiger partial charge in [-0.3, -0.25) is 0 Å². The van der Waals surface area contributed by atoms with Gasteiger partial charge in [0.25, 0.3) is 0 Å². The van der Waals surface area contributed by atoms with Crippen LogP contribution in [0.3, 0.4) is 0 Å². The number of rotatable bonds is 5. The van der Waals surface area contributed by atoms with Crippen LogP contribution in [0.15, 0.2) is 11.6 Å². The van der Waals surface area contributed by atoms with Crippen LogP contribution in [0.2, 0.25) is 0 Å². The number of allylic oxidation sites excluding steroid dienone is 1. The van der Waals surface area contributed by atoms with Crippen LogP contribution in [0, 0.1) is 0 Å². The maximum absolute atomic E-state index is 8.57. The summed E-state index contributed by atoms with van der Waals surface area (Å²) in [6.45, 7) is 1.98. The first-order valence-electron chi connectivity index (χ1n) is 5.93. The lowest BCUT2D eigenvalue weighted by Gasteiger charge is -2.03. The Morgan fingerprint density at radius 2 is 1.79 bits per heavy atom. The molecular weight excluding hydrogens is 174 g/mol. The molecule has 0 atom stereocenters. The first-order chi connectivity index (χ1) is 6.93. The zero-order chi connectivity index (χ0) is 10.1. The molecule has 0 heterocycles. The third kappa shape index (κ3) is 5.40. The van der Waals surface area contributed by atoms with E-state index in [9.17, 15) is 0 Å². The molecule has 0 unspecified atom stereocenters. The van der Waals surface area contributed by atoms with Crippen molar-refractivity contribution >= 4 is 0 Å². The fourth-order valence-corrected chi connectivity index (χ4v) is 1.97. The molecule has 0 aromatic heterocycles. The van der Waals surface area contributed by atoms with E-state index in [1.807, 2.05) is 0 Å². The maximum atomic E-state index is 8.57. The molecule has 0 saturated heterocycles. The van der Waals surface area contributed by atoms with Gasteiger partial charge in [0.15, 0.2) is 0 Å². The Morgan fingerprint density at radius 3 is 2.43 bits per heavy atom. The molecule has 0 aromatic rings. The van der Waals surface area contributed by atoms with Crippen LogP contribution in [-0.2, 0) is 0 Å². The molecule has 0 radical (unpaired) electrons. The molecule has 1 rings (SSSR count). The van der Waals surface area contributed by atoms with Crippen molar-refractivity contribution in [2.75, 3.05) is 19.7 Å². The zero-order valence-electron chi connectivity index (χ0n) is 9.10. The normalized spacial score (nSPS) is 17.9. The van der Waals surface area contributed by atoms with Gasteiger partial charge in [0, 0.05) is 6.54 Å².